The molecule has 1 amide bonds. The Morgan fingerprint density at radius 2 is 2.00 bits per heavy atom. The van der Waals surface area contributed by atoms with Crippen LogP contribution in [-0.2, 0) is 16.1 Å². The topological polar surface area (TPSA) is 54.4 Å². The number of likely N-dealkylation sites (N-methyl/N-ethyl adjacent to an activating group) is 1. The first-order chi connectivity index (χ1) is 13.0. The number of carbonyl (C=O) groups excluding carboxylic acids is 1. The van der Waals surface area contributed by atoms with Crippen LogP contribution in [0, 0.1) is 5.92 Å². The maximum atomic E-state index is 12.4. The number of nitrogens with zero attached hydrogens (tertiary/aromatic N) is 3. The van der Waals surface area contributed by atoms with E-state index in [2.05, 4.69) is 22.2 Å². The Hall–Kier alpha value is -2.08. The van der Waals surface area contributed by atoms with Crippen LogP contribution in [0.25, 0.3) is 0 Å². The second-order valence-electron chi connectivity index (χ2n) is 7.73. The minimum atomic E-state index is -0.417. The molecule has 27 heavy (non-hydrogen) atoms. The molecular weight excluding hydrogens is 342 g/mol. The molecule has 0 spiro atoms. The Morgan fingerprint density at radius 1 is 1.30 bits per heavy atom. The Kier molecular flexibility index (Phi) is 6.72. The quantitative estimate of drug-likeness (QED) is 0.737. The third kappa shape index (κ3) is 5.45. The maximum absolute atomic E-state index is 12.4. The molecule has 1 fully saturated rings. The number of methoxy groups -OCH3 is 1. The van der Waals surface area contributed by atoms with Gasteiger partial charge in [-0.2, -0.15) is 0 Å². The van der Waals surface area contributed by atoms with Gasteiger partial charge >= 0.3 is 0 Å². The second-order valence-corrected chi connectivity index (χ2v) is 7.73. The third-order valence-corrected chi connectivity index (χ3v) is 5.58. The van der Waals surface area contributed by atoms with Crippen molar-refractivity contribution >= 4 is 11.6 Å². The van der Waals surface area contributed by atoms with Crippen molar-refractivity contribution in [3.8, 4) is 5.75 Å². The highest BCUT2D eigenvalue weighted by Crippen LogP contribution is 2.20. The van der Waals surface area contributed by atoms with E-state index in [4.69, 9.17) is 9.57 Å². The van der Waals surface area contributed by atoms with Crippen molar-refractivity contribution in [2.45, 2.75) is 38.7 Å². The zero-order valence-corrected chi connectivity index (χ0v) is 16.7. The summed E-state index contributed by atoms with van der Waals surface area (Å²) in [6.45, 7) is 6.00. The summed E-state index contributed by atoms with van der Waals surface area (Å²) in [7, 11) is 3.58. The van der Waals surface area contributed by atoms with Crippen LogP contribution in [0.5, 0.6) is 5.75 Å². The Labute approximate surface area is 162 Å². The van der Waals surface area contributed by atoms with Crippen LogP contribution in [0.4, 0.5) is 0 Å². The van der Waals surface area contributed by atoms with E-state index in [0.717, 1.165) is 56.9 Å². The first-order valence-electron chi connectivity index (χ1n) is 9.84. The van der Waals surface area contributed by atoms with Gasteiger partial charge in [-0.25, -0.2) is 0 Å². The Balaban J connectivity index is 1.36. The fourth-order valence-electron chi connectivity index (χ4n) is 3.82. The number of ether oxygens (including phenoxy) is 1. The molecule has 0 aromatic heterocycles. The summed E-state index contributed by atoms with van der Waals surface area (Å²) in [4.78, 5) is 22.0. The SMILES string of the molecule is COc1ccc(CCN2CCC(CN(C)C(=O)[C@H]3CC(C)=NO3)CC2)cc1. The Bertz CT molecular complexity index is 651. The highest BCUT2D eigenvalue weighted by molar-refractivity contribution is 5.91. The van der Waals surface area contributed by atoms with Crippen LogP contribution in [0.2, 0.25) is 0 Å². The van der Waals surface area contributed by atoms with Crippen molar-refractivity contribution in [3.05, 3.63) is 29.8 Å². The van der Waals surface area contributed by atoms with Gasteiger partial charge in [0.1, 0.15) is 5.75 Å². The minimum Gasteiger partial charge on any atom is -0.497 e. The molecule has 0 radical (unpaired) electrons. The summed E-state index contributed by atoms with van der Waals surface area (Å²) in [5.41, 5.74) is 2.24. The van der Waals surface area contributed by atoms with Crippen molar-refractivity contribution in [3.63, 3.8) is 0 Å². The minimum absolute atomic E-state index is 0.0533. The number of oxime groups is 1. The molecule has 0 aliphatic carbocycles. The number of likely N-dealkylation sites (tertiary alicyclic amines) is 1. The number of carbonyl (C=O) groups is 1. The van der Waals surface area contributed by atoms with Crippen LogP contribution >= 0.6 is 0 Å². The summed E-state index contributed by atoms with van der Waals surface area (Å²) in [5.74, 6) is 1.53. The molecule has 148 valence electrons. The molecule has 0 N–H and O–H groups in total. The molecule has 0 unspecified atom stereocenters. The van der Waals surface area contributed by atoms with E-state index in [1.54, 1.807) is 7.11 Å². The first-order valence-corrected chi connectivity index (χ1v) is 9.84. The van der Waals surface area contributed by atoms with E-state index in [9.17, 15) is 4.79 Å². The van der Waals surface area contributed by atoms with Gasteiger partial charge in [-0.1, -0.05) is 17.3 Å². The van der Waals surface area contributed by atoms with E-state index >= 15 is 0 Å². The smallest absolute Gasteiger partial charge is 0.266 e. The summed E-state index contributed by atoms with van der Waals surface area (Å²) >= 11 is 0. The highest BCUT2D eigenvalue weighted by Gasteiger charge is 2.30. The number of benzene rings is 1. The van der Waals surface area contributed by atoms with E-state index in [0.29, 0.717) is 12.3 Å². The van der Waals surface area contributed by atoms with Crippen LogP contribution in [0.1, 0.15) is 31.7 Å². The summed E-state index contributed by atoms with van der Waals surface area (Å²) in [6.07, 6.45) is 3.54. The van der Waals surface area contributed by atoms with Gasteiger partial charge < -0.3 is 19.4 Å². The average Bonchev–Trinajstić information content (AvgIpc) is 3.13. The zero-order chi connectivity index (χ0) is 19.2. The number of rotatable bonds is 7. The van der Waals surface area contributed by atoms with Gasteiger partial charge in [0.25, 0.3) is 5.91 Å². The van der Waals surface area contributed by atoms with Gasteiger partial charge in [-0.05, 0) is 62.9 Å². The van der Waals surface area contributed by atoms with Crippen molar-refractivity contribution in [2.24, 2.45) is 11.1 Å². The molecule has 1 aromatic carbocycles. The lowest BCUT2D eigenvalue weighted by Gasteiger charge is -2.34. The number of piperidine rings is 1. The molecule has 6 heteroatoms. The van der Waals surface area contributed by atoms with Crippen molar-refractivity contribution in [1.29, 1.82) is 0 Å². The summed E-state index contributed by atoms with van der Waals surface area (Å²) in [6, 6.07) is 8.33. The van der Waals surface area contributed by atoms with Crippen LogP contribution in [-0.4, -0.2) is 67.9 Å². The molecule has 0 bridgehead atoms. The van der Waals surface area contributed by atoms with E-state index in [-0.39, 0.29) is 5.91 Å². The fourth-order valence-corrected chi connectivity index (χ4v) is 3.82. The number of hydrogen-bond donors (Lipinski definition) is 0. The van der Waals surface area contributed by atoms with Gasteiger partial charge in [0.2, 0.25) is 6.10 Å². The molecule has 3 rings (SSSR count). The van der Waals surface area contributed by atoms with Crippen molar-refractivity contribution in [2.75, 3.05) is 40.3 Å². The predicted molar refractivity (Wildman–Crippen MR) is 106 cm³/mol. The van der Waals surface area contributed by atoms with Crippen LogP contribution < -0.4 is 4.74 Å². The monoisotopic (exact) mass is 373 g/mol. The number of hydrogen-bond acceptors (Lipinski definition) is 5. The molecular formula is C21H31N3O3. The normalized spacial score (nSPS) is 20.9. The van der Waals surface area contributed by atoms with Gasteiger partial charge in [-0.15, -0.1) is 0 Å². The summed E-state index contributed by atoms with van der Waals surface area (Å²) < 4.78 is 5.21. The number of amides is 1. The third-order valence-electron chi connectivity index (χ3n) is 5.58. The van der Waals surface area contributed by atoms with Gasteiger partial charge in [-0.3, -0.25) is 4.79 Å². The molecule has 1 atom stereocenters. The van der Waals surface area contributed by atoms with Crippen molar-refractivity contribution < 1.29 is 14.4 Å². The zero-order valence-electron chi connectivity index (χ0n) is 16.7. The van der Waals surface area contributed by atoms with Gasteiger partial charge in [0.05, 0.1) is 12.8 Å². The molecule has 0 saturated carbocycles. The lowest BCUT2D eigenvalue weighted by atomic mass is 9.95. The predicted octanol–water partition coefficient (Wildman–Crippen LogP) is 2.57. The average molecular weight is 373 g/mol. The van der Waals surface area contributed by atoms with E-state index in [1.165, 1.54) is 5.56 Å². The lowest BCUT2D eigenvalue weighted by Crippen LogP contribution is -2.43. The molecule has 2 aliphatic rings. The molecule has 1 aromatic rings. The Morgan fingerprint density at radius 3 is 2.59 bits per heavy atom. The van der Waals surface area contributed by atoms with Gasteiger partial charge in [0, 0.05) is 26.6 Å². The molecule has 1 saturated heterocycles. The van der Waals surface area contributed by atoms with E-state index in [1.807, 2.05) is 31.0 Å². The van der Waals surface area contributed by atoms with E-state index < -0.39 is 6.10 Å². The van der Waals surface area contributed by atoms with Crippen LogP contribution in [0.3, 0.4) is 0 Å². The summed E-state index contributed by atoms with van der Waals surface area (Å²) in [5, 5.41) is 3.89. The molecule has 2 aliphatic heterocycles. The molecule has 6 nitrogen and oxygen atoms in total. The largest absolute Gasteiger partial charge is 0.497 e. The standard InChI is InChI=1S/C21H31N3O3/c1-16-14-20(27-22-16)21(25)23(2)15-18-9-12-24(13-10-18)11-8-17-4-6-19(26-3)7-5-17/h4-7,18,20H,8-15H2,1-3H3/t20-/m1/s1. The second kappa shape index (κ2) is 9.22. The molecule has 2 heterocycles. The fraction of sp³-hybridized carbons (Fsp3) is 0.619. The van der Waals surface area contributed by atoms with Crippen LogP contribution in [0.15, 0.2) is 29.4 Å². The van der Waals surface area contributed by atoms with Crippen molar-refractivity contribution in [1.82, 2.24) is 9.80 Å². The maximum Gasteiger partial charge on any atom is 0.266 e. The van der Waals surface area contributed by atoms with Gasteiger partial charge in [0.15, 0.2) is 0 Å². The first kappa shape index (κ1) is 19.7. The lowest BCUT2D eigenvalue weighted by molar-refractivity contribution is -0.141. The highest BCUT2D eigenvalue weighted by atomic mass is 16.6.